The zero-order chi connectivity index (χ0) is 26.2. The van der Waals surface area contributed by atoms with Crippen molar-refractivity contribution >= 4 is 61.3 Å². The summed E-state index contributed by atoms with van der Waals surface area (Å²) in [6.07, 6.45) is 5.97. The molecule has 1 aromatic carbocycles. The van der Waals surface area contributed by atoms with Gasteiger partial charge in [-0.3, -0.25) is 14.6 Å². The van der Waals surface area contributed by atoms with Crippen LogP contribution < -0.4 is 21.7 Å². The molecule has 192 valence electrons. The van der Waals surface area contributed by atoms with E-state index in [2.05, 4.69) is 46.9 Å². The molecule has 2 atom stereocenters. The van der Waals surface area contributed by atoms with Gasteiger partial charge < -0.3 is 21.7 Å². The average Bonchev–Trinajstić information content (AvgIpc) is 3.43. The Morgan fingerprint density at radius 3 is 2.86 bits per heavy atom. The minimum Gasteiger partial charge on any atom is -0.359 e. The summed E-state index contributed by atoms with van der Waals surface area (Å²) in [6, 6.07) is 7.73. The first kappa shape index (κ1) is 25.0. The van der Waals surface area contributed by atoms with E-state index in [4.69, 9.17) is 10.7 Å². The highest BCUT2D eigenvalue weighted by Crippen LogP contribution is 2.39. The molecule has 11 nitrogen and oxygen atoms in total. The summed E-state index contributed by atoms with van der Waals surface area (Å²) in [7, 11) is 1.67. The Labute approximate surface area is 221 Å². The molecule has 3 heterocycles. The van der Waals surface area contributed by atoms with Crippen LogP contribution in [0.1, 0.15) is 32.6 Å². The number of nitrogens with two attached hydrogens (primary N) is 1. The number of carbonyl (C=O) groups is 2. The maximum absolute atomic E-state index is 12.3. The molecule has 5 N–H and O–H groups in total. The van der Waals surface area contributed by atoms with Gasteiger partial charge in [-0.2, -0.15) is 10.1 Å². The van der Waals surface area contributed by atoms with Crippen molar-refractivity contribution in [1.82, 2.24) is 30.0 Å². The van der Waals surface area contributed by atoms with Gasteiger partial charge >= 0.3 is 0 Å². The maximum Gasteiger partial charge on any atom is 0.225 e. The summed E-state index contributed by atoms with van der Waals surface area (Å²) in [5.41, 5.74) is 7.88. The second kappa shape index (κ2) is 10.0. The fourth-order valence-corrected chi connectivity index (χ4v) is 5.28. The monoisotopic (exact) mass is 565 g/mol. The minimum absolute atomic E-state index is 0.0584. The van der Waals surface area contributed by atoms with Gasteiger partial charge in [0.15, 0.2) is 5.65 Å². The molecule has 0 aliphatic heterocycles. The molecule has 4 aromatic rings. The number of nitrogens with zero attached hydrogens (tertiary/aromatic N) is 5. The number of aromatic nitrogens is 5. The number of nitrogens with one attached hydrogen (secondary N) is 3. The van der Waals surface area contributed by atoms with E-state index in [-0.39, 0.29) is 30.8 Å². The van der Waals surface area contributed by atoms with Crippen LogP contribution in [-0.4, -0.2) is 56.2 Å². The second-order valence-electron chi connectivity index (χ2n) is 9.55. The third kappa shape index (κ3) is 4.98. The van der Waals surface area contributed by atoms with Gasteiger partial charge in [0.2, 0.25) is 17.8 Å². The third-order valence-corrected chi connectivity index (χ3v) is 7.38. The van der Waals surface area contributed by atoms with Gasteiger partial charge in [-0.25, -0.2) is 9.67 Å². The van der Waals surface area contributed by atoms with Crippen molar-refractivity contribution < 1.29 is 9.59 Å². The number of halogens is 1. The molecule has 2 amide bonds. The molecule has 3 aromatic heterocycles. The van der Waals surface area contributed by atoms with Crippen molar-refractivity contribution in [3.63, 3.8) is 0 Å². The Kier molecular flexibility index (Phi) is 6.78. The Bertz CT molecular complexity index is 1500. The smallest absolute Gasteiger partial charge is 0.225 e. The van der Waals surface area contributed by atoms with Gasteiger partial charge in [0.05, 0.1) is 28.5 Å². The molecular formula is C25H28BrN9O2. The van der Waals surface area contributed by atoms with Crippen LogP contribution in [0.15, 0.2) is 41.3 Å². The summed E-state index contributed by atoms with van der Waals surface area (Å²) < 4.78 is 2.37. The first-order valence-corrected chi connectivity index (χ1v) is 12.9. The van der Waals surface area contributed by atoms with E-state index in [9.17, 15) is 9.59 Å². The summed E-state index contributed by atoms with van der Waals surface area (Å²) >= 11 is 3.52. The minimum atomic E-state index is -0.400. The van der Waals surface area contributed by atoms with Crippen molar-refractivity contribution in [2.75, 3.05) is 24.2 Å². The quantitative estimate of drug-likeness (QED) is 0.266. The van der Waals surface area contributed by atoms with Gasteiger partial charge in [0.25, 0.3) is 0 Å². The van der Waals surface area contributed by atoms with Crippen molar-refractivity contribution in [2.24, 2.45) is 11.1 Å². The van der Waals surface area contributed by atoms with Crippen LogP contribution in [0.2, 0.25) is 0 Å². The third-order valence-electron chi connectivity index (χ3n) is 6.79. The van der Waals surface area contributed by atoms with Crippen LogP contribution in [0.4, 0.5) is 11.6 Å². The van der Waals surface area contributed by atoms with Gasteiger partial charge in [-0.15, -0.1) is 0 Å². The molecule has 1 fully saturated rings. The molecule has 0 unspecified atom stereocenters. The molecule has 1 aliphatic rings. The molecule has 37 heavy (non-hydrogen) atoms. The van der Waals surface area contributed by atoms with Crippen LogP contribution in [0.3, 0.4) is 0 Å². The highest BCUT2D eigenvalue weighted by atomic mass is 79.9. The topological polar surface area (TPSA) is 153 Å². The summed E-state index contributed by atoms with van der Waals surface area (Å²) in [4.78, 5) is 37.9. The van der Waals surface area contributed by atoms with Crippen molar-refractivity contribution in [3.05, 3.63) is 41.3 Å². The normalized spacial score (nSPS) is 19.3. The van der Waals surface area contributed by atoms with Crippen LogP contribution in [0, 0.1) is 5.41 Å². The SMILES string of the molecule is CNC(=O)[C@]1(C)CC[C@@H](Nc2ncc3c(Br)nn(-c4ccc5ncc(NC(=O)CCN)cc5c4)c3n2)C1. The number of hydrogen-bond acceptors (Lipinski definition) is 8. The second-order valence-corrected chi connectivity index (χ2v) is 10.3. The Balaban J connectivity index is 1.44. The molecule has 1 aliphatic carbocycles. The van der Waals surface area contributed by atoms with Gasteiger partial charge in [-0.1, -0.05) is 6.92 Å². The number of hydrogen-bond donors (Lipinski definition) is 4. The Morgan fingerprint density at radius 1 is 1.24 bits per heavy atom. The van der Waals surface area contributed by atoms with E-state index in [1.54, 1.807) is 24.1 Å². The number of pyridine rings is 1. The van der Waals surface area contributed by atoms with Crippen molar-refractivity contribution in [3.8, 4) is 5.69 Å². The Morgan fingerprint density at radius 2 is 2.08 bits per heavy atom. The summed E-state index contributed by atoms with van der Waals surface area (Å²) in [6.45, 7) is 2.28. The predicted octanol–water partition coefficient (Wildman–Crippen LogP) is 3.13. The standard InChI is InChI=1S/C25H28BrN9O2/c1-25(23(37)28-2)7-5-15(11-25)32-24-30-13-18-21(26)34-35(22(18)33-24)17-3-4-19-14(10-17)9-16(12-29-19)31-20(36)6-8-27/h3-4,9-10,12-13,15H,5-8,11,27H2,1-2H3,(H,28,37)(H,31,36)(H,30,32,33)/t15-,25-/m1/s1. The molecule has 0 saturated heterocycles. The predicted molar refractivity (Wildman–Crippen MR) is 145 cm³/mol. The molecule has 0 spiro atoms. The largest absolute Gasteiger partial charge is 0.359 e. The zero-order valence-electron chi connectivity index (χ0n) is 20.6. The highest BCUT2D eigenvalue weighted by Gasteiger charge is 2.41. The lowest BCUT2D eigenvalue weighted by Gasteiger charge is -2.22. The number of fused-ring (bicyclic) bond motifs is 2. The van der Waals surface area contributed by atoms with Crippen LogP contribution >= 0.6 is 15.9 Å². The van der Waals surface area contributed by atoms with E-state index in [1.165, 1.54) is 0 Å². The van der Waals surface area contributed by atoms with Crippen molar-refractivity contribution in [2.45, 2.75) is 38.6 Å². The lowest BCUT2D eigenvalue weighted by atomic mass is 9.87. The first-order chi connectivity index (χ1) is 17.8. The Hall–Kier alpha value is -3.64. The van der Waals surface area contributed by atoms with E-state index in [1.807, 2.05) is 31.2 Å². The molecule has 5 rings (SSSR count). The van der Waals surface area contributed by atoms with E-state index < -0.39 is 5.41 Å². The van der Waals surface area contributed by atoms with Crippen molar-refractivity contribution in [1.29, 1.82) is 0 Å². The van der Waals surface area contributed by atoms with E-state index in [0.717, 1.165) is 34.8 Å². The maximum atomic E-state index is 12.3. The number of rotatable bonds is 7. The van der Waals surface area contributed by atoms with Gasteiger partial charge in [-0.05, 0) is 59.5 Å². The fraction of sp³-hybridized carbons (Fsp3) is 0.360. The number of carbonyl (C=O) groups excluding carboxylic acids is 2. The number of anilines is 2. The molecule has 0 radical (unpaired) electrons. The van der Waals surface area contributed by atoms with E-state index in [0.29, 0.717) is 28.3 Å². The lowest BCUT2D eigenvalue weighted by Crippen LogP contribution is -2.35. The average molecular weight is 566 g/mol. The molecule has 12 heteroatoms. The molecule has 0 bridgehead atoms. The molecular weight excluding hydrogens is 538 g/mol. The summed E-state index contributed by atoms with van der Waals surface area (Å²) in [5.74, 6) is 0.388. The zero-order valence-corrected chi connectivity index (χ0v) is 22.2. The highest BCUT2D eigenvalue weighted by molar-refractivity contribution is 9.10. The number of benzene rings is 1. The van der Waals surface area contributed by atoms with E-state index >= 15 is 0 Å². The molecule has 1 saturated carbocycles. The van der Waals surface area contributed by atoms with Crippen LogP contribution in [0.5, 0.6) is 0 Å². The summed E-state index contributed by atoms with van der Waals surface area (Å²) in [5, 5.41) is 15.2. The first-order valence-electron chi connectivity index (χ1n) is 12.1. The fourth-order valence-electron chi connectivity index (χ4n) is 4.85. The number of amides is 2. The van der Waals surface area contributed by atoms with Crippen LogP contribution in [-0.2, 0) is 9.59 Å². The van der Waals surface area contributed by atoms with Gasteiger partial charge in [0, 0.05) is 43.1 Å². The van der Waals surface area contributed by atoms with Gasteiger partial charge in [0.1, 0.15) is 4.60 Å². The lowest BCUT2D eigenvalue weighted by molar-refractivity contribution is -0.129. The van der Waals surface area contributed by atoms with Crippen LogP contribution in [0.25, 0.3) is 27.6 Å².